The number of aromatic nitrogens is 1. The fourth-order valence-electron chi connectivity index (χ4n) is 1.15. The Kier molecular flexibility index (Phi) is 4.45. The number of anilines is 1. The number of hydrogen-bond donors (Lipinski definition) is 4. The largest absolute Gasteiger partial charge is 0.369 e. The topological polar surface area (TPSA) is 140 Å². The highest BCUT2D eigenvalue weighted by molar-refractivity contribution is 7.89. The molecule has 0 aromatic carbocycles. The summed E-state index contributed by atoms with van der Waals surface area (Å²) in [6.07, 6.45) is 2.57. The van der Waals surface area contributed by atoms with E-state index in [4.69, 9.17) is 11.6 Å². The van der Waals surface area contributed by atoms with Gasteiger partial charge in [-0.3, -0.25) is 15.6 Å². The maximum absolute atomic E-state index is 12.1. The number of nitrogens with one attached hydrogen (secondary N) is 2. The Hall–Kier alpha value is -1.71. The van der Waals surface area contributed by atoms with Crippen molar-refractivity contribution in [1.29, 1.82) is 0 Å². The zero-order valence-electron chi connectivity index (χ0n) is 10.7. The molecule has 1 heterocycles. The third-order valence-electron chi connectivity index (χ3n) is 2.60. The van der Waals surface area contributed by atoms with Gasteiger partial charge in [-0.25, -0.2) is 13.1 Å². The molecule has 19 heavy (non-hydrogen) atoms. The van der Waals surface area contributed by atoms with Crippen molar-refractivity contribution in [3.05, 3.63) is 18.5 Å². The van der Waals surface area contributed by atoms with Crippen molar-refractivity contribution in [1.82, 2.24) is 9.71 Å². The third-order valence-corrected chi connectivity index (χ3v) is 4.03. The van der Waals surface area contributed by atoms with E-state index >= 15 is 0 Å². The van der Waals surface area contributed by atoms with Crippen LogP contribution >= 0.6 is 0 Å². The molecule has 0 aliphatic rings. The highest BCUT2D eigenvalue weighted by Crippen LogP contribution is 2.19. The quantitative estimate of drug-likeness (QED) is 0.397. The molecular weight excluding hydrogens is 270 g/mol. The van der Waals surface area contributed by atoms with Crippen LogP contribution in [0.2, 0.25) is 0 Å². The van der Waals surface area contributed by atoms with Gasteiger partial charge in [-0.15, -0.1) is 0 Å². The molecule has 0 aliphatic heterocycles. The standard InChI is InChI=1S/C10H17N5O3S/c1-10(2,9(11)16)6-14-19(17,18)8-5-13-4-3-7(8)15-12/h3-5,14H,6,12H2,1-2H3,(H2,11,16)(H,13,15). The molecule has 9 heteroatoms. The maximum atomic E-state index is 12.1. The number of carbonyl (C=O) groups is 1. The van der Waals surface area contributed by atoms with Gasteiger partial charge in [0.25, 0.3) is 0 Å². The number of primary amides is 1. The fraction of sp³-hybridized carbons (Fsp3) is 0.400. The molecule has 0 radical (unpaired) electrons. The zero-order chi connectivity index (χ0) is 14.7. The smallest absolute Gasteiger partial charge is 0.244 e. The number of nitrogen functional groups attached to an aromatic ring is 1. The summed E-state index contributed by atoms with van der Waals surface area (Å²) >= 11 is 0. The fourth-order valence-corrected chi connectivity index (χ4v) is 2.48. The first kappa shape index (κ1) is 15.3. The molecule has 0 bridgehead atoms. The molecule has 8 nitrogen and oxygen atoms in total. The van der Waals surface area contributed by atoms with Gasteiger partial charge in [0.15, 0.2) is 0 Å². The van der Waals surface area contributed by atoms with Crippen molar-refractivity contribution in [2.45, 2.75) is 18.7 Å². The van der Waals surface area contributed by atoms with Gasteiger partial charge in [-0.1, -0.05) is 0 Å². The summed E-state index contributed by atoms with van der Waals surface area (Å²) in [6, 6.07) is 1.42. The van der Waals surface area contributed by atoms with Crippen LogP contribution in [-0.2, 0) is 14.8 Å². The molecule has 0 atom stereocenters. The molecule has 0 saturated heterocycles. The summed E-state index contributed by atoms with van der Waals surface area (Å²) in [4.78, 5) is 14.8. The predicted molar refractivity (Wildman–Crippen MR) is 70.2 cm³/mol. The number of hydrogen-bond acceptors (Lipinski definition) is 6. The minimum absolute atomic E-state index is 0.0993. The molecule has 1 amide bonds. The molecular formula is C10H17N5O3S. The van der Waals surface area contributed by atoms with Gasteiger partial charge in [-0.05, 0) is 19.9 Å². The second kappa shape index (κ2) is 5.51. The predicted octanol–water partition coefficient (Wildman–Crippen LogP) is -0.843. The highest BCUT2D eigenvalue weighted by Gasteiger charge is 2.28. The van der Waals surface area contributed by atoms with Gasteiger partial charge < -0.3 is 11.2 Å². The number of nitrogens with zero attached hydrogens (tertiary/aromatic N) is 1. The number of pyridine rings is 1. The normalized spacial score (nSPS) is 12.2. The summed E-state index contributed by atoms with van der Waals surface area (Å²) in [5.74, 6) is 4.63. The lowest BCUT2D eigenvalue weighted by atomic mass is 9.93. The number of nitrogens with two attached hydrogens (primary N) is 2. The van der Waals surface area contributed by atoms with E-state index in [-0.39, 0.29) is 17.1 Å². The van der Waals surface area contributed by atoms with Crippen LogP contribution in [0, 0.1) is 5.41 Å². The Balaban J connectivity index is 2.97. The van der Waals surface area contributed by atoms with Crippen LogP contribution in [0.5, 0.6) is 0 Å². The van der Waals surface area contributed by atoms with Crippen LogP contribution in [-0.4, -0.2) is 25.9 Å². The second-order valence-electron chi connectivity index (χ2n) is 4.59. The van der Waals surface area contributed by atoms with E-state index < -0.39 is 21.3 Å². The van der Waals surface area contributed by atoms with Crippen LogP contribution in [0.25, 0.3) is 0 Å². The first-order valence-corrected chi connectivity index (χ1v) is 6.89. The van der Waals surface area contributed by atoms with Crippen molar-refractivity contribution in [2.24, 2.45) is 17.0 Å². The molecule has 1 aromatic rings. The Morgan fingerprint density at radius 1 is 1.47 bits per heavy atom. The number of carbonyl (C=O) groups excluding carboxylic acids is 1. The average Bonchev–Trinajstić information content (AvgIpc) is 2.36. The molecule has 0 unspecified atom stereocenters. The van der Waals surface area contributed by atoms with Gasteiger partial charge in [0.2, 0.25) is 15.9 Å². The van der Waals surface area contributed by atoms with Gasteiger partial charge in [0, 0.05) is 18.9 Å². The van der Waals surface area contributed by atoms with Crippen LogP contribution < -0.4 is 21.7 Å². The van der Waals surface area contributed by atoms with Crippen molar-refractivity contribution in [3.8, 4) is 0 Å². The van der Waals surface area contributed by atoms with Crippen LogP contribution in [0.1, 0.15) is 13.8 Å². The molecule has 1 aromatic heterocycles. The summed E-state index contributed by atoms with van der Waals surface area (Å²) in [5.41, 5.74) is 6.66. The van der Waals surface area contributed by atoms with Gasteiger partial charge in [-0.2, -0.15) is 0 Å². The van der Waals surface area contributed by atoms with E-state index in [0.29, 0.717) is 0 Å². The number of sulfonamides is 1. The van der Waals surface area contributed by atoms with E-state index in [1.54, 1.807) is 13.8 Å². The van der Waals surface area contributed by atoms with Crippen molar-refractivity contribution in [2.75, 3.05) is 12.0 Å². The number of rotatable bonds is 6. The van der Waals surface area contributed by atoms with Gasteiger partial charge in [0.1, 0.15) is 4.90 Å². The molecule has 1 rings (SSSR count). The lowest BCUT2D eigenvalue weighted by Crippen LogP contribution is -2.42. The van der Waals surface area contributed by atoms with E-state index in [0.717, 1.165) is 6.20 Å². The van der Waals surface area contributed by atoms with Crippen molar-refractivity contribution >= 4 is 21.6 Å². The summed E-state index contributed by atoms with van der Waals surface area (Å²) in [5, 5.41) is 0. The molecule has 0 aliphatic carbocycles. The summed E-state index contributed by atoms with van der Waals surface area (Å²) < 4.78 is 26.5. The minimum atomic E-state index is -3.83. The zero-order valence-corrected chi connectivity index (χ0v) is 11.5. The van der Waals surface area contributed by atoms with Crippen LogP contribution in [0.3, 0.4) is 0 Å². The molecule has 0 fully saturated rings. The second-order valence-corrected chi connectivity index (χ2v) is 6.32. The Morgan fingerprint density at radius 3 is 2.63 bits per heavy atom. The van der Waals surface area contributed by atoms with Crippen molar-refractivity contribution < 1.29 is 13.2 Å². The summed E-state index contributed by atoms with van der Waals surface area (Å²) in [6.45, 7) is 2.97. The highest BCUT2D eigenvalue weighted by atomic mass is 32.2. The lowest BCUT2D eigenvalue weighted by molar-refractivity contribution is -0.125. The van der Waals surface area contributed by atoms with Crippen LogP contribution in [0.4, 0.5) is 5.69 Å². The third kappa shape index (κ3) is 3.63. The molecule has 0 spiro atoms. The Morgan fingerprint density at radius 2 is 2.11 bits per heavy atom. The molecule has 6 N–H and O–H groups in total. The average molecular weight is 287 g/mol. The monoisotopic (exact) mass is 287 g/mol. The van der Waals surface area contributed by atoms with E-state index in [9.17, 15) is 13.2 Å². The Bertz CT molecular complexity index is 570. The summed E-state index contributed by atoms with van der Waals surface area (Å²) in [7, 11) is -3.83. The molecule has 106 valence electrons. The minimum Gasteiger partial charge on any atom is -0.369 e. The van der Waals surface area contributed by atoms with Crippen molar-refractivity contribution in [3.63, 3.8) is 0 Å². The van der Waals surface area contributed by atoms with Crippen LogP contribution in [0.15, 0.2) is 23.4 Å². The number of amides is 1. The van der Waals surface area contributed by atoms with E-state index in [2.05, 4.69) is 15.1 Å². The Labute approximate surface area is 111 Å². The first-order valence-electron chi connectivity index (χ1n) is 5.41. The molecule has 0 saturated carbocycles. The van der Waals surface area contributed by atoms with E-state index in [1.165, 1.54) is 12.3 Å². The van der Waals surface area contributed by atoms with Gasteiger partial charge in [0.05, 0.1) is 11.1 Å². The lowest BCUT2D eigenvalue weighted by Gasteiger charge is -2.21. The van der Waals surface area contributed by atoms with E-state index in [1.807, 2.05) is 0 Å². The SMILES string of the molecule is CC(C)(CNS(=O)(=O)c1cnccc1NN)C(N)=O. The number of hydrazine groups is 1. The first-order chi connectivity index (χ1) is 8.70. The van der Waals surface area contributed by atoms with Gasteiger partial charge >= 0.3 is 0 Å². The maximum Gasteiger partial charge on any atom is 0.244 e.